The number of carbonyl (C=O) groups is 1. The van der Waals surface area contributed by atoms with Gasteiger partial charge in [0.05, 0.1) is 11.3 Å². The van der Waals surface area contributed by atoms with Crippen LogP contribution in [0.1, 0.15) is 104 Å². The molecule has 3 fully saturated rings. The van der Waals surface area contributed by atoms with Crippen molar-refractivity contribution in [3.05, 3.63) is 64.5 Å². The van der Waals surface area contributed by atoms with Gasteiger partial charge in [0, 0.05) is 31.2 Å². The number of nitrogens with zero attached hydrogens (tertiary/aromatic N) is 3. The Morgan fingerprint density at radius 3 is 2.34 bits per heavy atom. The third-order valence-corrected chi connectivity index (χ3v) is 8.90. The average molecular weight is 474 g/mol. The van der Waals surface area contributed by atoms with Crippen LogP contribution in [0.15, 0.2) is 36.4 Å². The standard InChI is InChI=1S/C31H43N3O/c1-22(2)25-11-9-24(10-12-25)20-33-17-14-27(15-18-33)30-29(13-8-23(3)32-30)31(35)34-19-16-26-6-4-5-7-28(26)21-34/h8-13,22,26-28H,4-7,14-21H2,1-3H3/t26-,28-/m0/s1. The molecule has 4 nitrogen and oxygen atoms in total. The normalized spacial score (nSPS) is 23.9. The van der Waals surface area contributed by atoms with Gasteiger partial charge >= 0.3 is 0 Å². The molecule has 0 radical (unpaired) electrons. The molecule has 2 aromatic rings. The SMILES string of the molecule is Cc1ccc(C(=O)N2CC[C@@H]3CCCC[C@H]3C2)c(C2CCN(Cc3ccc(C(C)C)cc3)CC2)n1. The first kappa shape index (κ1) is 24.5. The number of rotatable bonds is 5. The zero-order valence-electron chi connectivity index (χ0n) is 22.0. The van der Waals surface area contributed by atoms with Crippen molar-refractivity contribution in [1.82, 2.24) is 14.8 Å². The Morgan fingerprint density at radius 1 is 0.914 bits per heavy atom. The second-order valence-corrected chi connectivity index (χ2v) is 11.7. The Bertz CT molecular complexity index is 1010. The van der Waals surface area contributed by atoms with Crippen molar-refractivity contribution in [2.24, 2.45) is 11.8 Å². The summed E-state index contributed by atoms with van der Waals surface area (Å²) >= 11 is 0. The molecule has 3 heterocycles. The largest absolute Gasteiger partial charge is 0.338 e. The molecule has 2 saturated heterocycles. The van der Waals surface area contributed by atoms with Gasteiger partial charge in [-0.05, 0) is 86.7 Å². The van der Waals surface area contributed by atoms with Gasteiger partial charge in [-0.25, -0.2) is 0 Å². The first-order chi connectivity index (χ1) is 17.0. The Hall–Kier alpha value is -2.20. The maximum atomic E-state index is 13.7. The molecule has 1 aromatic heterocycles. The lowest BCUT2D eigenvalue weighted by Gasteiger charge is -2.41. The second-order valence-electron chi connectivity index (χ2n) is 11.7. The summed E-state index contributed by atoms with van der Waals surface area (Å²) in [6.07, 6.45) is 8.71. The van der Waals surface area contributed by atoms with Crippen LogP contribution < -0.4 is 0 Å². The molecule has 1 saturated carbocycles. The summed E-state index contributed by atoms with van der Waals surface area (Å²) in [7, 11) is 0. The van der Waals surface area contributed by atoms with Crippen LogP contribution in [0.4, 0.5) is 0 Å². The van der Waals surface area contributed by atoms with Gasteiger partial charge in [-0.15, -0.1) is 0 Å². The van der Waals surface area contributed by atoms with Crippen molar-refractivity contribution in [2.75, 3.05) is 26.2 Å². The van der Waals surface area contributed by atoms with E-state index in [4.69, 9.17) is 4.98 Å². The van der Waals surface area contributed by atoms with Gasteiger partial charge in [-0.1, -0.05) is 57.4 Å². The van der Waals surface area contributed by atoms with E-state index >= 15 is 0 Å². The highest BCUT2D eigenvalue weighted by Gasteiger charge is 2.35. The third kappa shape index (κ3) is 5.63. The second kappa shape index (κ2) is 10.8. The summed E-state index contributed by atoms with van der Waals surface area (Å²) in [5.74, 6) is 2.73. The summed E-state index contributed by atoms with van der Waals surface area (Å²) in [5, 5.41) is 0. The molecule has 0 unspecified atom stereocenters. The molecular formula is C31H43N3O. The van der Waals surface area contributed by atoms with E-state index in [1.807, 2.05) is 6.07 Å². The molecule has 1 aliphatic carbocycles. The van der Waals surface area contributed by atoms with Crippen LogP contribution in [-0.2, 0) is 6.54 Å². The molecule has 35 heavy (non-hydrogen) atoms. The maximum Gasteiger partial charge on any atom is 0.255 e. The lowest BCUT2D eigenvalue weighted by Crippen LogP contribution is -2.45. The van der Waals surface area contributed by atoms with Crippen molar-refractivity contribution < 1.29 is 4.79 Å². The minimum atomic E-state index is 0.226. The zero-order chi connectivity index (χ0) is 24.4. The number of pyridine rings is 1. The number of carbonyl (C=O) groups excluding carboxylic acids is 1. The van der Waals surface area contributed by atoms with E-state index in [9.17, 15) is 4.79 Å². The molecule has 1 aromatic carbocycles. The molecule has 0 N–H and O–H groups in total. The molecule has 2 aliphatic heterocycles. The number of aromatic nitrogens is 1. The van der Waals surface area contributed by atoms with Crippen molar-refractivity contribution >= 4 is 5.91 Å². The van der Waals surface area contributed by atoms with Gasteiger partial charge in [0.25, 0.3) is 5.91 Å². The number of aryl methyl sites for hydroxylation is 1. The van der Waals surface area contributed by atoms with Crippen LogP contribution in [0.3, 0.4) is 0 Å². The number of amides is 1. The van der Waals surface area contributed by atoms with Gasteiger partial charge in [0.2, 0.25) is 0 Å². The van der Waals surface area contributed by atoms with Crippen molar-refractivity contribution in [1.29, 1.82) is 0 Å². The third-order valence-electron chi connectivity index (χ3n) is 8.90. The molecule has 0 spiro atoms. The number of hydrogen-bond donors (Lipinski definition) is 0. The van der Waals surface area contributed by atoms with Crippen LogP contribution in [0.2, 0.25) is 0 Å². The molecule has 188 valence electrons. The first-order valence-corrected chi connectivity index (χ1v) is 14.1. The van der Waals surface area contributed by atoms with Gasteiger partial charge < -0.3 is 4.90 Å². The maximum absolute atomic E-state index is 13.7. The van der Waals surface area contributed by atoms with E-state index in [1.165, 1.54) is 43.2 Å². The predicted octanol–water partition coefficient (Wildman–Crippen LogP) is 6.55. The van der Waals surface area contributed by atoms with Crippen molar-refractivity contribution in [3.8, 4) is 0 Å². The van der Waals surface area contributed by atoms with E-state index < -0.39 is 0 Å². The van der Waals surface area contributed by atoms with Crippen molar-refractivity contribution in [3.63, 3.8) is 0 Å². The Labute approximate surface area is 212 Å². The summed E-state index contributed by atoms with van der Waals surface area (Å²) < 4.78 is 0. The Morgan fingerprint density at radius 2 is 1.63 bits per heavy atom. The average Bonchev–Trinajstić information content (AvgIpc) is 2.89. The van der Waals surface area contributed by atoms with E-state index in [0.717, 1.165) is 68.4 Å². The highest BCUT2D eigenvalue weighted by atomic mass is 16.2. The predicted molar refractivity (Wildman–Crippen MR) is 143 cm³/mol. The lowest BCUT2D eigenvalue weighted by molar-refractivity contribution is 0.0518. The first-order valence-electron chi connectivity index (χ1n) is 14.1. The molecule has 3 aliphatic rings. The van der Waals surface area contributed by atoms with Gasteiger partial charge in [0.15, 0.2) is 0 Å². The van der Waals surface area contributed by atoms with Crippen LogP contribution in [0.25, 0.3) is 0 Å². The summed E-state index contributed by atoms with van der Waals surface area (Å²) in [6.45, 7) is 11.6. The number of fused-ring (bicyclic) bond motifs is 1. The van der Waals surface area contributed by atoms with Crippen LogP contribution in [0.5, 0.6) is 0 Å². The molecule has 1 amide bonds. The summed E-state index contributed by atoms with van der Waals surface area (Å²) in [6, 6.07) is 13.2. The monoisotopic (exact) mass is 473 g/mol. The number of piperidine rings is 2. The smallest absolute Gasteiger partial charge is 0.255 e. The summed E-state index contributed by atoms with van der Waals surface area (Å²) in [5.41, 5.74) is 5.75. The van der Waals surface area contributed by atoms with Crippen LogP contribution in [0, 0.1) is 18.8 Å². The highest BCUT2D eigenvalue weighted by Crippen LogP contribution is 2.37. The lowest BCUT2D eigenvalue weighted by atomic mass is 9.75. The van der Waals surface area contributed by atoms with E-state index in [0.29, 0.717) is 17.8 Å². The highest BCUT2D eigenvalue weighted by molar-refractivity contribution is 5.95. The van der Waals surface area contributed by atoms with E-state index in [2.05, 4.69) is 60.9 Å². The number of benzene rings is 1. The Balaban J connectivity index is 1.23. The molecule has 5 rings (SSSR count). The fourth-order valence-electron chi connectivity index (χ4n) is 6.66. The van der Waals surface area contributed by atoms with Gasteiger partial charge in [-0.3, -0.25) is 14.7 Å². The van der Waals surface area contributed by atoms with E-state index in [-0.39, 0.29) is 5.91 Å². The number of likely N-dealkylation sites (tertiary alicyclic amines) is 2. The van der Waals surface area contributed by atoms with Gasteiger partial charge in [0.1, 0.15) is 0 Å². The fraction of sp³-hybridized carbons (Fsp3) is 0.613. The van der Waals surface area contributed by atoms with Crippen molar-refractivity contribution in [2.45, 2.75) is 84.1 Å². The zero-order valence-corrected chi connectivity index (χ0v) is 22.0. The van der Waals surface area contributed by atoms with Gasteiger partial charge in [-0.2, -0.15) is 0 Å². The van der Waals surface area contributed by atoms with Crippen LogP contribution >= 0.6 is 0 Å². The minimum absolute atomic E-state index is 0.226. The molecular weight excluding hydrogens is 430 g/mol. The topological polar surface area (TPSA) is 36.4 Å². The number of hydrogen-bond acceptors (Lipinski definition) is 3. The van der Waals surface area contributed by atoms with Crippen LogP contribution in [-0.4, -0.2) is 46.9 Å². The molecule has 0 bridgehead atoms. The Kier molecular flexibility index (Phi) is 7.57. The quantitative estimate of drug-likeness (QED) is 0.494. The fourth-order valence-corrected chi connectivity index (χ4v) is 6.66. The molecule has 2 atom stereocenters. The van der Waals surface area contributed by atoms with E-state index in [1.54, 1.807) is 0 Å². The molecule has 4 heteroatoms. The summed E-state index contributed by atoms with van der Waals surface area (Å²) in [4.78, 5) is 23.4. The minimum Gasteiger partial charge on any atom is -0.338 e.